The molecule has 2 aromatic heterocycles. The molecular formula is C18H19N3O4. The third-order valence-corrected chi connectivity index (χ3v) is 3.76. The molecule has 0 fully saturated rings. The van der Waals surface area contributed by atoms with E-state index >= 15 is 0 Å². The minimum atomic E-state index is -0.819. The highest BCUT2D eigenvalue weighted by Gasteiger charge is 2.21. The number of aliphatic hydroxyl groups excluding tert-OH is 1. The summed E-state index contributed by atoms with van der Waals surface area (Å²) in [6, 6.07) is 12.2. The third kappa shape index (κ3) is 3.89. The molecule has 130 valence electrons. The van der Waals surface area contributed by atoms with Crippen molar-refractivity contribution in [3.63, 3.8) is 0 Å². The molecule has 1 amide bonds. The lowest BCUT2D eigenvalue weighted by atomic mass is 10.1. The van der Waals surface area contributed by atoms with Gasteiger partial charge in [0.05, 0.1) is 18.1 Å². The maximum absolute atomic E-state index is 12.3. The molecule has 0 saturated carbocycles. The third-order valence-electron chi connectivity index (χ3n) is 3.76. The van der Waals surface area contributed by atoms with Crippen LogP contribution in [0.2, 0.25) is 0 Å². The minimum Gasteiger partial charge on any atom is -0.504 e. The number of nitrogens with one attached hydrogen (secondary N) is 1. The molecule has 0 bridgehead atoms. The second-order valence-electron chi connectivity index (χ2n) is 5.78. The van der Waals surface area contributed by atoms with Crippen LogP contribution in [0.4, 0.5) is 0 Å². The second-order valence-corrected chi connectivity index (χ2v) is 5.78. The van der Waals surface area contributed by atoms with Crippen molar-refractivity contribution in [2.75, 3.05) is 0 Å². The molecule has 3 rings (SSSR count). The number of furan rings is 1. The number of carbonyl (C=O) groups is 1. The van der Waals surface area contributed by atoms with Crippen LogP contribution in [-0.2, 0) is 0 Å². The first-order valence-electron chi connectivity index (χ1n) is 7.91. The van der Waals surface area contributed by atoms with E-state index in [0.29, 0.717) is 5.76 Å². The Kier molecular flexibility index (Phi) is 4.85. The number of hydrogen-bond acceptors (Lipinski definition) is 5. The Morgan fingerprint density at radius 3 is 2.72 bits per heavy atom. The van der Waals surface area contributed by atoms with Crippen molar-refractivity contribution >= 4 is 5.91 Å². The fourth-order valence-corrected chi connectivity index (χ4v) is 2.52. The van der Waals surface area contributed by atoms with Crippen molar-refractivity contribution in [1.82, 2.24) is 15.1 Å². The van der Waals surface area contributed by atoms with Crippen LogP contribution in [0.1, 0.15) is 35.7 Å². The van der Waals surface area contributed by atoms with Crippen LogP contribution >= 0.6 is 0 Å². The molecule has 0 radical (unpaired) electrons. The summed E-state index contributed by atoms with van der Waals surface area (Å²) >= 11 is 0. The molecule has 0 aliphatic rings. The number of carbonyl (C=O) groups excluding carboxylic acids is 1. The van der Waals surface area contributed by atoms with Crippen LogP contribution in [-0.4, -0.2) is 31.9 Å². The summed E-state index contributed by atoms with van der Waals surface area (Å²) in [5.74, 6) is -0.274. The van der Waals surface area contributed by atoms with Crippen molar-refractivity contribution in [2.45, 2.75) is 25.5 Å². The number of rotatable bonds is 6. The van der Waals surface area contributed by atoms with Gasteiger partial charge in [0.15, 0.2) is 11.4 Å². The lowest BCUT2D eigenvalue weighted by Gasteiger charge is -2.16. The molecule has 0 aliphatic heterocycles. The topological polar surface area (TPSA) is 101 Å². The summed E-state index contributed by atoms with van der Waals surface area (Å²) in [6.07, 6.45) is 2.32. The number of aromatic nitrogens is 2. The summed E-state index contributed by atoms with van der Waals surface area (Å²) in [4.78, 5) is 12.3. The van der Waals surface area contributed by atoms with Crippen LogP contribution in [0.25, 0.3) is 5.69 Å². The van der Waals surface area contributed by atoms with E-state index in [1.54, 1.807) is 19.1 Å². The van der Waals surface area contributed by atoms with Gasteiger partial charge >= 0.3 is 0 Å². The van der Waals surface area contributed by atoms with E-state index in [9.17, 15) is 15.0 Å². The first kappa shape index (κ1) is 16.8. The van der Waals surface area contributed by atoms with Gasteiger partial charge in [-0.1, -0.05) is 18.2 Å². The van der Waals surface area contributed by atoms with Gasteiger partial charge in [-0.15, -0.1) is 0 Å². The summed E-state index contributed by atoms with van der Waals surface area (Å²) in [5.41, 5.74) is 0.668. The number of aliphatic hydroxyl groups is 1. The Labute approximate surface area is 144 Å². The highest BCUT2D eigenvalue weighted by Crippen LogP contribution is 2.20. The fraction of sp³-hybridized carbons (Fsp3) is 0.222. The van der Waals surface area contributed by atoms with Gasteiger partial charge in [0, 0.05) is 12.5 Å². The Balaban J connectivity index is 1.66. The average molecular weight is 341 g/mol. The van der Waals surface area contributed by atoms with Crippen LogP contribution in [0.15, 0.2) is 59.3 Å². The summed E-state index contributed by atoms with van der Waals surface area (Å²) in [6.45, 7) is 1.76. The van der Waals surface area contributed by atoms with Crippen LogP contribution in [0, 0.1) is 0 Å². The normalized spacial score (nSPS) is 13.4. The van der Waals surface area contributed by atoms with Gasteiger partial charge < -0.3 is 19.9 Å². The van der Waals surface area contributed by atoms with Crippen LogP contribution in [0.3, 0.4) is 0 Å². The second kappa shape index (κ2) is 7.23. The molecule has 3 N–H and O–H groups in total. The molecule has 0 spiro atoms. The van der Waals surface area contributed by atoms with E-state index in [4.69, 9.17) is 4.42 Å². The van der Waals surface area contributed by atoms with E-state index in [1.807, 2.05) is 30.3 Å². The van der Waals surface area contributed by atoms with Gasteiger partial charge in [-0.25, -0.2) is 4.68 Å². The molecule has 2 atom stereocenters. The molecule has 7 nitrogen and oxygen atoms in total. The van der Waals surface area contributed by atoms with Crippen molar-refractivity contribution in [1.29, 1.82) is 0 Å². The fourth-order valence-electron chi connectivity index (χ4n) is 2.52. The maximum Gasteiger partial charge on any atom is 0.275 e. The number of amides is 1. The van der Waals surface area contributed by atoms with Gasteiger partial charge in [0.1, 0.15) is 11.9 Å². The first-order valence-corrected chi connectivity index (χ1v) is 7.91. The quantitative estimate of drug-likeness (QED) is 0.639. The van der Waals surface area contributed by atoms with Gasteiger partial charge in [-0.3, -0.25) is 4.79 Å². The molecule has 25 heavy (non-hydrogen) atoms. The monoisotopic (exact) mass is 341 g/mol. The van der Waals surface area contributed by atoms with Crippen molar-refractivity contribution in [3.8, 4) is 11.4 Å². The first-order chi connectivity index (χ1) is 12.0. The summed E-state index contributed by atoms with van der Waals surface area (Å²) in [5, 5.41) is 26.9. The number of hydrogen-bond donors (Lipinski definition) is 3. The zero-order chi connectivity index (χ0) is 17.8. The molecule has 7 heteroatoms. The molecule has 2 unspecified atom stereocenters. The number of nitrogens with zero attached hydrogens (tertiary/aromatic N) is 2. The van der Waals surface area contributed by atoms with Gasteiger partial charge in [-0.05, 0) is 31.2 Å². The highest BCUT2D eigenvalue weighted by molar-refractivity contribution is 5.95. The number of aromatic hydroxyl groups is 1. The molecule has 0 aliphatic carbocycles. The van der Waals surface area contributed by atoms with Gasteiger partial charge in [-0.2, -0.15) is 5.10 Å². The number of benzene rings is 1. The van der Waals surface area contributed by atoms with E-state index < -0.39 is 12.0 Å². The maximum atomic E-state index is 12.3. The van der Waals surface area contributed by atoms with Gasteiger partial charge in [0.2, 0.25) is 0 Å². The SMILES string of the molecule is CC(CC(O)c1ccco1)NC(=O)c1nn(-c2ccccc2)cc1O. The zero-order valence-electron chi connectivity index (χ0n) is 13.7. The van der Waals surface area contributed by atoms with E-state index in [0.717, 1.165) is 5.69 Å². The average Bonchev–Trinajstić information content (AvgIpc) is 3.25. The number of para-hydroxylation sites is 1. The smallest absolute Gasteiger partial charge is 0.275 e. The molecule has 3 aromatic rings. The Morgan fingerprint density at radius 1 is 1.28 bits per heavy atom. The van der Waals surface area contributed by atoms with Crippen molar-refractivity contribution in [2.24, 2.45) is 0 Å². The molecule has 2 heterocycles. The molecule has 0 saturated heterocycles. The summed E-state index contributed by atoms with van der Waals surface area (Å²) < 4.78 is 6.58. The summed E-state index contributed by atoms with van der Waals surface area (Å²) in [7, 11) is 0. The van der Waals surface area contributed by atoms with Gasteiger partial charge in [0.25, 0.3) is 5.91 Å². The lowest BCUT2D eigenvalue weighted by Crippen LogP contribution is -2.34. The molecular weight excluding hydrogens is 322 g/mol. The predicted molar refractivity (Wildman–Crippen MR) is 90.4 cm³/mol. The van der Waals surface area contributed by atoms with Crippen molar-refractivity contribution in [3.05, 3.63) is 66.4 Å². The lowest BCUT2D eigenvalue weighted by molar-refractivity contribution is 0.0895. The predicted octanol–water partition coefficient (Wildman–Crippen LogP) is 2.41. The van der Waals surface area contributed by atoms with E-state index in [1.165, 1.54) is 17.1 Å². The Morgan fingerprint density at radius 2 is 2.04 bits per heavy atom. The van der Waals surface area contributed by atoms with Crippen molar-refractivity contribution < 1.29 is 19.4 Å². The van der Waals surface area contributed by atoms with E-state index in [2.05, 4.69) is 10.4 Å². The standard InChI is InChI=1S/C18H19N3O4/c1-12(10-14(22)16-8-5-9-25-16)19-18(24)17-15(23)11-21(20-17)13-6-3-2-4-7-13/h2-9,11-12,14,22-23H,10H2,1H3,(H,19,24). The largest absolute Gasteiger partial charge is 0.504 e. The van der Waals surface area contributed by atoms with E-state index in [-0.39, 0.29) is 23.9 Å². The zero-order valence-corrected chi connectivity index (χ0v) is 13.7. The Hall–Kier alpha value is -3.06. The molecule has 1 aromatic carbocycles. The van der Waals surface area contributed by atoms with Crippen LogP contribution in [0.5, 0.6) is 5.75 Å². The Bertz CT molecular complexity index is 827. The highest BCUT2D eigenvalue weighted by atomic mass is 16.4. The van der Waals surface area contributed by atoms with Crippen LogP contribution < -0.4 is 5.32 Å². The minimum absolute atomic E-state index is 0.0665.